The fraction of sp³-hybridized carbons (Fsp3) is 0.500. The van der Waals surface area contributed by atoms with Gasteiger partial charge in [-0.3, -0.25) is 40.8 Å². The van der Waals surface area contributed by atoms with Crippen molar-refractivity contribution in [2.45, 2.75) is 73.6 Å². The smallest absolute Gasteiger partial charge is 0.387 e. The topological polar surface area (TPSA) is 542 Å². The third-order valence-corrected chi connectivity index (χ3v) is 13.9. The fourth-order valence-electron chi connectivity index (χ4n) is 7.78. The minimum atomic E-state index is -5.50. The van der Waals surface area contributed by atoms with Crippen molar-refractivity contribution < 1.29 is 104 Å². The number of phosphoric ester groups is 4. The van der Waals surface area contributed by atoms with E-state index in [1.54, 1.807) is 0 Å². The van der Waals surface area contributed by atoms with Crippen molar-refractivity contribution in [2.75, 3.05) is 37.0 Å². The van der Waals surface area contributed by atoms with E-state index in [9.17, 15) is 62.9 Å². The van der Waals surface area contributed by atoms with Crippen molar-refractivity contribution in [1.82, 2.24) is 58.6 Å². The molecule has 9 rings (SSSR count). The Labute approximate surface area is 393 Å². The van der Waals surface area contributed by atoms with Gasteiger partial charge < -0.3 is 76.1 Å². The van der Waals surface area contributed by atoms with Gasteiger partial charge in [-0.2, -0.15) is 0 Å². The Morgan fingerprint density at radius 1 is 0.465 bits per heavy atom. The van der Waals surface area contributed by atoms with Gasteiger partial charge in [0, 0.05) is 0 Å². The number of imidazole rings is 3. The van der Waals surface area contributed by atoms with Gasteiger partial charge in [0.1, 0.15) is 90.5 Å². The first-order valence-electron chi connectivity index (χ1n) is 19.9. The van der Waals surface area contributed by atoms with Crippen molar-refractivity contribution in [2.24, 2.45) is 0 Å². The molecule has 9 heterocycles. The largest absolute Gasteiger partial charge is 0.472 e. The van der Waals surface area contributed by atoms with Crippen LogP contribution >= 0.6 is 31.3 Å². The summed E-state index contributed by atoms with van der Waals surface area (Å²) in [6, 6.07) is 0. The molecular formula is C30H39N15O22P4. The lowest BCUT2D eigenvalue weighted by Gasteiger charge is -2.25. The molecular weight excluding hydrogens is 1050 g/mol. The normalized spacial score (nSPS) is 30.2. The van der Waals surface area contributed by atoms with Gasteiger partial charge in [-0.1, -0.05) is 0 Å². The zero-order valence-corrected chi connectivity index (χ0v) is 38.8. The van der Waals surface area contributed by atoms with Gasteiger partial charge in [-0.25, -0.2) is 63.1 Å². The van der Waals surface area contributed by atoms with Crippen LogP contribution in [0.15, 0.2) is 38.0 Å². The highest BCUT2D eigenvalue weighted by Gasteiger charge is 2.54. The van der Waals surface area contributed by atoms with Crippen LogP contribution in [0.5, 0.6) is 0 Å². The number of hydrogen-bond donors (Lipinski definition) is 12. The first-order chi connectivity index (χ1) is 33.4. The van der Waals surface area contributed by atoms with Gasteiger partial charge in [0.15, 0.2) is 53.1 Å². The number of rotatable bonds is 18. The molecule has 0 radical (unpaired) electrons. The summed E-state index contributed by atoms with van der Waals surface area (Å²) in [6.07, 6.45) is -15.6. The summed E-state index contributed by atoms with van der Waals surface area (Å²) in [5.41, 5.74) is 17.6. The monoisotopic (exact) mass is 1090 g/mol. The number of aromatic nitrogens is 12. The number of anilines is 3. The Bertz CT molecular complexity index is 3140. The van der Waals surface area contributed by atoms with E-state index in [4.69, 9.17) is 54.0 Å². The minimum absolute atomic E-state index is 0.00855. The quantitative estimate of drug-likeness (QED) is 0.0374. The van der Waals surface area contributed by atoms with Crippen LogP contribution in [0.1, 0.15) is 18.7 Å². The van der Waals surface area contributed by atoms with Gasteiger partial charge in [-0.15, -0.1) is 0 Å². The highest BCUT2D eigenvalue weighted by atomic mass is 31.2. The van der Waals surface area contributed by atoms with Gasteiger partial charge in [0.05, 0.1) is 38.8 Å². The van der Waals surface area contributed by atoms with Gasteiger partial charge >= 0.3 is 31.3 Å². The van der Waals surface area contributed by atoms with Gasteiger partial charge in [0.2, 0.25) is 0 Å². The van der Waals surface area contributed by atoms with Crippen LogP contribution in [-0.4, -0.2) is 178 Å². The average Bonchev–Trinajstić information content (AvgIpc) is 4.15. The third-order valence-electron chi connectivity index (χ3n) is 10.9. The van der Waals surface area contributed by atoms with Gasteiger partial charge in [0.25, 0.3) is 0 Å². The zero-order valence-electron chi connectivity index (χ0n) is 35.2. The van der Waals surface area contributed by atoms with Crippen LogP contribution in [0.3, 0.4) is 0 Å². The van der Waals surface area contributed by atoms with Crippen molar-refractivity contribution in [3.05, 3.63) is 38.0 Å². The second-order valence-corrected chi connectivity index (χ2v) is 20.7. The molecule has 41 heteroatoms. The summed E-state index contributed by atoms with van der Waals surface area (Å²) in [5.74, 6) is -0.301. The van der Waals surface area contributed by atoms with Crippen LogP contribution in [0.2, 0.25) is 0 Å². The molecule has 3 aliphatic heterocycles. The number of aliphatic hydroxyl groups excluding tert-OH is 3. The lowest BCUT2D eigenvalue weighted by atomic mass is 10.1. The van der Waals surface area contributed by atoms with E-state index >= 15 is 0 Å². The van der Waals surface area contributed by atoms with Crippen molar-refractivity contribution >= 4 is 82.2 Å². The SMILES string of the molecule is Nc1ncnc2c1ncn2[C@@H]1O[C@H](COP(=O)(O)O[C@@H]2[C@H](O)[C@@H](COP(=O)(O)O[C@@H]3[C@H](O)[C@@H](COP(=O)(O)O)O[C@H]3n3cnc4c(N)ncnc43)O[C@H]2n2cnc3c(N)ncnc32)[C@@H](O)[C@H]1OP(=O)(O)O. The molecule has 0 aromatic carbocycles. The summed E-state index contributed by atoms with van der Waals surface area (Å²) in [5, 5.41) is 34.0. The maximum absolute atomic E-state index is 13.7. The summed E-state index contributed by atoms with van der Waals surface area (Å²) in [4.78, 5) is 95.9. The van der Waals surface area contributed by atoms with Crippen molar-refractivity contribution in [3.8, 4) is 0 Å². The lowest BCUT2D eigenvalue weighted by molar-refractivity contribution is -0.0643. The van der Waals surface area contributed by atoms with Crippen LogP contribution in [-0.2, 0) is 59.6 Å². The number of hydrogen-bond acceptors (Lipinski definition) is 28. The Balaban J connectivity index is 0.932. The molecule has 3 aliphatic rings. The Morgan fingerprint density at radius 2 is 0.775 bits per heavy atom. The molecule has 0 amide bonds. The van der Waals surface area contributed by atoms with E-state index in [1.165, 1.54) is 0 Å². The van der Waals surface area contributed by atoms with E-state index in [-0.39, 0.29) is 50.9 Å². The van der Waals surface area contributed by atoms with E-state index in [0.29, 0.717) is 0 Å². The predicted molar refractivity (Wildman–Crippen MR) is 225 cm³/mol. The maximum Gasteiger partial charge on any atom is 0.472 e. The number of phosphoric acid groups is 4. The zero-order chi connectivity index (χ0) is 50.9. The first kappa shape index (κ1) is 51.2. The molecule has 0 saturated carbocycles. The van der Waals surface area contributed by atoms with E-state index in [0.717, 1.165) is 51.7 Å². The van der Waals surface area contributed by atoms with Crippen LogP contribution in [0, 0.1) is 0 Å². The Morgan fingerprint density at radius 3 is 1.08 bits per heavy atom. The summed E-state index contributed by atoms with van der Waals surface area (Å²) >= 11 is 0. The van der Waals surface area contributed by atoms with Gasteiger partial charge in [-0.05, 0) is 0 Å². The maximum atomic E-state index is 13.7. The molecule has 0 aliphatic carbocycles. The van der Waals surface area contributed by atoms with E-state index in [2.05, 4.69) is 49.4 Å². The first-order valence-corrected chi connectivity index (χ1v) is 26.0. The molecule has 3 fully saturated rings. The molecule has 3 saturated heterocycles. The van der Waals surface area contributed by atoms with Crippen LogP contribution in [0.4, 0.5) is 17.5 Å². The molecule has 14 atom stereocenters. The predicted octanol–water partition coefficient (Wildman–Crippen LogP) is -3.38. The van der Waals surface area contributed by atoms with Crippen molar-refractivity contribution in [3.63, 3.8) is 0 Å². The Kier molecular flexibility index (Phi) is 13.9. The van der Waals surface area contributed by atoms with Crippen LogP contribution in [0.25, 0.3) is 33.5 Å². The molecule has 0 spiro atoms. The fourth-order valence-corrected chi connectivity index (χ4v) is 10.5. The molecule has 6 aromatic rings. The molecule has 71 heavy (non-hydrogen) atoms. The second kappa shape index (κ2) is 19.3. The summed E-state index contributed by atoms with van der Waals surface area (Å²) < 4.78 is 102. The average molecular weight is 1090 g/mol. The second-order valence-electron chi connectivity index (χ2n) is 15.4. The highest BCUT2D eigenvalue weighted by Crippen LogP contribution is 2.54. The van der Waals surface area contributed by atoms with E-state index in [1.807, 2.05) is 0 Å². The number of nitrogens with two attached hydrogens (primary N) is 3. The molecule has 6 aromatic heterocycles. The third kappa shape index (κ3) is 10.6. The number of fused-ring (bicyclic) bond motifs is 3. The molecule has 2 unspecified atom stereocenters. The number of ether oxygens (including phenoxy) is 3. The number of aliphatic hydroxyl groups is 3. The molecule has 37 nitrogen and oxygen atoms in total. The summed E-state index contributed by atoms with van der Waals surface area (Å²) in [6.45, 7) is -3.11. The molecule has 386 valence electrons. The minimum Gasteiger partial charge on any atom is -0.387 e. The number of nitrogens with zero attached hydrogens (tertiary/aromatic N) is 12. The van der Waals surface area contributed by atoms with E-state index < -0.39 is 125 Å². The molecule has 15 N–H and O–H groups in total. The Hall–Kier alpha value is -4.75. The standard InChI is InChI=1S/C30H39N15O22P4/c31-22-13-25(37-4-34-22)43(7-40-13)28-19(65-69(52,53)54)16(46)11(63-28)2-60-70(55,56)67-21-18(48)12(64-30(21)45-9-42-15-24(33)36-6-39-27(15)45)3-61-71(57,58)66-20-17(47)10(1-59-68(49,50)51)62-29(20)44-8-41-14-23(32)35-5-38-26(14)44/h4-12,16-21,28-30,46-48H,1-3H2,(H,55,56)(H,57,58)(H2,31,34,37)(H2,32,35,38)(H2,33,36,39)(H2,49,50,51)(H2,52,53,54)/t10-,11-,12-,16-,17-,18-,19-,20-,21-,28-,29-,30-/m1/s1. The number of nitrogen functional groups attached to an aromatic ring is 3. The summed E-state index contributed by atoms with van der Waals surface area (Å²) in [7, 11) is -21.5. The van der Waals surface area contributed by atoms with Crippen LogP contribution < -0.4 is 17.2 Å². The lowest BCUT2D eigenvalue weighted by Crippen LogP contribution is -2.37. The molecule has 0 bridgehead atoms. The highest BCUT2D eigenvalue weighted by molar-refractivity contribution is 7.47. The van der Waals surface area contributed by atoms with Crippen molar-refractivity contribution in [1.29, 1.82) is 0 Å².